The number of thiophene rings is 1. The number of hydrogen-bond acceptors (Lipinski definition) is 4. The molecule has 0 saturated carbocycles. The van der Waals surface area contributed by atoms with E-state index >= 15 is 0 Å². The molecule has 2 heterocycles. The van der Waals surface area contributed by atoms with Crippen LogP contribution in [0.5, 0.6) is 0 Å². The number of aromatic nitrogens is 1. The van der Waals surface area contributed by atoms with Crippen molar-refractivity contribution in [1.82, 2.24) is 4.98 Å². The van der Waals surface area contributed by atoms with Crippen LogP contribution < -0.4 is 5.73 Å². The van der Waals surface area contributed by atoms with Gasteiger partial charge in [-0.1, -0.05) is 13.3 Å². The van der Waals surface area contributed by atoms with E-state index in [1.54, 1.807) is 22.7 Å². The minimum atomic E-state index is 0.101. The highest BCUT2D eigenvalue weighted by Crippen LogP contribution is 2.31. The fourth-order valence-electron chi connectivity index (χ4n) is 1.63. The molecule has 86 valence electrons. The lowest BCUT2D eigenvalue weighted by Crippen LogP contribution is -2.09. The van der Waals surface area contributed by atoms with Crippen LogP contribution in [0.3, 0.4) is 0 Å². The van der Waals surface area contributed by atoms with Gasteiger partial charge in [0.2, 0.25) is 0 Å². The van der Waals surface area contributed by atoms with Crippen LogP contribution in [0.15, 0.2) is 16.8 Å². The summed E-state index contributed by atoms with van der Waals surface area (Å²) in [7, 11) is 0. The van der Waals surface area contributed by atoms with Gasteiger partial charge in [-0.05, 0) is 30.4 Å². The van der Waals surface area contributed by atoms with Crippen LogP contribution in [0, 0.1) is 6.92 Å². The smallest absolute Gasteiger partial charge is 0.110 e. The standard InChI is InChI=1S/C12H16N2S2/c1-3-4-9(13)12-14-10(7-16-12)11-8(2)5-6-15-11/h5-7,9H,3-4,13H2,1-2H3. The predicted octanol–water partition coefficient (Wildman–Crippen LogP) is 3.98. The molecule has 0 saturated heterocycles. The van der Waals surface area contributed by atoms with Crippen molar-refractivity contribution in [3.05, 3.63) is 27.4 Å². The summed E-state index contributed by atoms with van der Waals surface area (Å²) in [5.74, 6) is 0. The Hall–Kier alpha value is -0.710. The first-order chi connectivity index (χ1) is 7.72. The van der Waals surface area contributed by atoms with Crippen LogP contribution >= 0.6 is 22.7 Å². The van der Waals surface area contributed by atoms with Crippen LogP contribution in [0.1, 0.15) is 36.4 Å². The highest BCUT2D eigenvalue weighted by molar-refractivity contribution is 7.14. The Kier molecular flexibility index (Phi) is 3.74. The maximum atomic E-state index is 6.06. The van der Waals surface area contributed by atoms with Crippen LogP contribution in [0.4, 0.5) is 0 Å². The maximum Gasteiger partial charge on any atom is 0.110 e. The molecule has 0 radical (unpaired) electrons. The first kappa shape index (κ1) is 11.8. The lowest BCUT2D eigenvalue weighted by atomic mass is 10.2. The van der Waals surface area contributed by atoms with Crippen molar-refractivity contribution in [1.29, 1.82) is 0 Å². The fourth-order valence-corrected chi connectivity index (χ4v) is 3.44. The molecule has 2 aromatic rings. The molecule has 1 atom stereocenters. The van der Waals surface area contributed by atoms with Gasteiger partial charge in [0.05, 0.1) is 16.6 Å². The topological polar surface area (TPSA) is 38.9 Å². The van der Waals surface area contributed by atoms with E-state index < -0.39 is 0 Å². The number of nitrogens with two attached hydrogens (primary N) is 1. The fraction of sp³-hybridized carbons (Fsp3) is 0.417. The van der Waals surface area contributed by atoms with Gasteiger partial charge in [0, 0.05) is 5.38 Å². The monoisotopic (exact) mass is 252 g/mol. The summed E-state index contributed by atoms with van der Waals surface area (Å²) in [6.07, 6.45) is 2.12. The Morgan fingerprint density at radius 2 is 2.25 bits per heavy atom. The van der Waals surface area contributed by atoms with Crippen molar-refractivity contribution in [3.8, 4) is 10.6 Å². The van der Waals surface area contributed by atoms with Crippen molar-refractivity contribution < 1.29 is 0 Å². The molecule has 2 aromatic heterocycles. The average Bonchev–Trinajstić information content (AvgIpc) is 2.86. The Bertz CT molecular complexity index is 459. The second kappa shape index (κ2) is 5.08. The molecule has 1 unspecified atom stereocenters. The van der Waals surface area contributed by atoms with Gasteiger partial charge in [-0.15, -0.1) is 22.7 Å². The summed E-state index contributed by atoms with van der Waals surface area (Å²) in [4.78, 5) is 5.91. The molecule has 0 aliphatic heterocycles. The van der Waals surface area contributed by atoms with Crippen molar-refractivity contribution in [2.45, 2.75) is 32.7 Å². The number of hydrogen-bond donors (Lipinski definition) is 1. The molecular weight excluding hydrogens is 236 g/mol. The second-order valence-corrected chi connectivity index (χ2v) is 5.70. The van der Waals surface area contributed by atoms with Gasteiger partial charge in [0.1, 0.15) is 5.01 Å². The van der Waals surface area contributed by atoms with Crippen molar-refractivity contribution >= 4 is 22.7 Å². The minimum Gasteiger partial charge on any atom is -0.322 e. The first-order valence-corrected chi connectivity index (χ1v) is 7.23. The first-order valence-electron chi connectivity index (χ1n) is 5.47. The Morgan fingerprint density at radius 1 is 1.44 bits per heavy atom. The molecule has 4 heteroatoms. The number of rotatable bonds is 4. The third-order valence-corrected chi connectivity index (χ3v) is 4.55. The van der Waals surface area contributed by atoms with Gasteiger partial charge in [-0.25, -0.2) is 4.98 Å². The zero-order valence-corrected chi connectivity index (χ0v) is 11.2. The SMILES string of the molecule is CCCC(N)c1nc(-c2sccc2C)cs1. The van der Waals surface area contributed by atoms with Crippen LogP contribution in [-0.2, 0) is 0 Å². The lowest BCUT2D eigenvalue weighted by Gasteiger charge is -2.04. The van der Waals surface area contributed by atoms with Crippen molar-refractivity contribution in [2.24, 2.45) is 5.73 Å². The number of aryl methyl sites for hydroxylation is 1. The maximum absolute atomic E-state index is 6.06. The van der Waals surface area contributed by atoms with E-state index in [2.05, 4.69) is 35.7 Å². The Morgan fingerprint density at radius 3 is 2.88 bits per heavy atom. The molecule has 16 heavy (non-hydrogen) atoms. The average molecular weight is 252 g/mol. The number of nitrogens with zero attached hydrogens (tertiary/aromatic N) is 1. The van der Waals surface area contributed by atoms with E-state index in [1.807, 2.05) is 0 Å². The molecule has 0 spiro atoms. The molecule has 2 N–H and O–H groups in total. The van der Waals surface area contributed by atoms with E-state index in [1.165, 1.54) is 10.4 Å². The molecule has 0 aliphatic rings. The largest absolute Gasteiger partial charge is 0.322 e. The summed E-state index contributed by atoms with van der Waals surface area (Å²) in [5.41, 5.74) is 8.44. The molecule has 2 nitrogen and oxygen atoms in total. The molecule has 0 aliphatic carbocycles. The van der Waals surface area contributed by atoms with Crippen LogP contribution in [-0.4, -0.2) is 4.98 Å². The summed E-state index contributed by atoms with van der Waals surface area (Å²) in [6, 6.07) is 2.23. The molecular formula is C12H16N2S2. The van der Waals surface area contributed by atoms with Crippen molar-refractivity contribution in [3.63, 3.8) is 0 Å². The van der Waals surface area contributed by atoms with E-state index in [-0.39, 0.29) is 6.04 Å². The van der Waals surface area contributed by atoms with Crippen LogP contribution in [0.25, 0.3) is 10.6 Å². The van der Waals surface area contributed by atoms with E-state index in [4.69, 9.17) is 5.73 Å². The van der Waals surface area contributed by atoms with Crippen molar-refractivity contribution in [2.75, 3.05) is 0 Å². The van der Waals surface area contributed by atoms with E-state index in [0.717, 1.165) is 23.5 Å². The lowest BCUT2D eigenvalue weighted by molar-refractivity contribution is 0.635. The number of thiazole rings is 1. The molecule has 2 rings (SSSR count). The van der Waals surface area contributed by atoms with E-state index in [9.17, 15) is 0 Å². The zero-order chi connectivity index (χ0) is 11.5. The normalized spacial score (nSPS) is 12.9. The highest BCUT2D eigenvalue weighted by Gasteiger charge is 2.12. The quantitative estimate of drug-likeness (QED) is 0.894. The Balaban J connectivity index is 2.23. The van der Waals surface area contributed by atoms with Gasteiger partial charge in [-0.2, -0.15) is 0 Å². The summed E-state index contributed by atoms with van der Waals surface area (Å²) in [6.45, 7) is 4.27. The van der Waals surface area contributed by atoms with Gasteiger partial charge < -0.3 is 5.73 Å². The van der Waals surface area contributed by atoms with Gasteiger partial charge in [0.15, 0.2) is 0 Å². The minimum absolute atomic E-state index is 0.101. The van der Waals surface area contributed by atoms with E-state index in [0.29, 0.717) is 0 Å². The third-order valence-electron chi connectivity index (χ3n) is 2.53. The molecule has 0 amide bonds. The predicted molar refractivity (Wildman–Crippen MR) is 72.0 cm³/mol. The Labute approximate surface area is 104 Å². The third kappa shape index (κ3) is 2.34. The molecule has 0 fully saturated rings. The summed E-state index contributed by atoms with van der Waals surface area (Å²) in [5, 5.41) is 5.28. The van der Waals surface area contributed by atoms with Gasteiger partial charge in [-0.3, -0.25) is 0 Å². The van der Waals surface area contributed by atoms with Crippen LogP contribution in [0.2, 0.25) is 0 Å². The van der Waals surface area contributed by atoms with Gasteiger partial charge >= 0.3 is 0 Å². The highest BCUT2D eigenvalue weighted by atomic mass is 32.1. The summed E-state index contributed by atoms with van der Waals surface area (Å²) < 4.78 is 0. The zero-order valence-electron chi connectivity index (χ0n) is 9.56. The van der Waals surface area contributed by atoms with Gasteiger partial charge in [0.25, 0.3) is 0 Å². The molecule has 0 aromatic carbocycles. The second-order valence-electron chi connectivity index (χ2n) is 3.90. The summed E-state index contributed by atoms with van der Waals surface area (Å²) >= 11 is 3.42. The molecule has 0 bridgehead atoms.